The molecule has 0 amide bonds. The van der Waals surface area contributed by atoms with Crippen LogP contribution in [0.3, 0.4) is 0 Å². The van der Waals surface area contributed by atoms with Gasteiger partial charge in [0.1, 0.15) is 4.90 Å². The first-order chi connectivity index (χ1) is 6.98. The molecule has 0 radical (unpaired) electrons. The van der Waals surface area contributed by atoms with Crippen LogP contribution in [0.15, 0.2) is 35.4 Å². The number of hydrogen-bond acceptors (Lipinski definition) is 3. The molecule has 0 bridgehead atoms. The first kappa shape index (κ1) is 10.6. The zero-order valence-electron chi connectivity index (χ0n) is 7.94. The molecule has 5 heteroatoms. The molecule has 0 spiro atoms. The second kappa shape index (κ2) is 3.57. The Morgan fingerprint density at radius 3 is 2.73 bits per heavy atom. The van der Waals surface area contributed by atoms with Crippen LogP contribution in [-0.2, 0) is 8.27 Å². The molecule has 0 fully saturated rings. The average molecular weight is 286 g/mol. The van der Waals surface area contributed by atoms with Gasteiger partial charge in [-0.25, -0.2) is 8.42 Å². The van der Waals surface area contributed by atoms with Gasteiger partial charge in [-0.15, -0.1) is 0 Å². The molecule has 0 saturated carbocycles. The van der Waals surface area contributed by atoms with Crippen molar-refractivity contribution in [2.45, 2.75) is 11.8 Å². The van der Waals surface area contributed by atoms with Crippen molar-refractivity contribution in [2.24, 2.45) is 0 Å². The molecule has 0 N–H and O–H groups in total. The highest BCUT2D eigenvalue weighted by Gasteiger charge is 2.13. The van der Waals surface area contributed by atoms with Gasteiger partial charge in [-0.1, -0.05) is 12.1 Å². The standard InChI is InChI=1S/C10H8BrNO2S/c1-7-5-8-3-2-4-9(15(11,13)14)10(8)12-6-7/h2-6H,1H3. The van der Waals surface area contributed by atoms with Gasteiger partial charge in [-0.3, -0.25) is 4.98 Å². The zero-order valence-corrected chi connectivity index (χ0v) is 10.3. The molecule has 0 atom stereocenters. The van der Waals surface area contributed by atoms with E-state index >= 15 is 0 Å². The minimum Gasteiger partial charge on any atom is -0.255 e. The second-order valence-corrected chi connectivity index (χ2v) is 7.15. The molecule has 2 aromatic rings. The van der Waals surface area contributed by atoms with Gasteiger partial charge in [-0.2, -0.15) is 0 Å². The molecule has 0 unspecified atom stereocenters. The van der Waals surface area contributed by atoms with Crippen molar-refractivity contribution in [3.63, 3.8) is 0 Å². The van der Waals surface area contributed by atoms with E-state index in [0.717, 1.165) is 10.9 Å². The number of aryl methyl sites for hydroxylation is 1. The molecule has 15 heavy (non-hydrogen) atoms. The van der Waals surface area contributed by atoms with E-state index in [-0.39, 0.29) is 4.90 Å². The summed E-state index contributed by atoms with van der Waals surface area (Å²) in [4.78, 5) is 4.35. The Kier molecular flexibility index (Phi) is 2.52. The van der Waals surface area contributed by atoms with Gasteiger partial charge in [0, 0.05) is 11.6 Å². The number of hydrogen-bond donors (Lipinski definition) is 0. The Morgan fingerprint density at radius 2 is 2.07 bits per heavy atom. The minimum atomic E-state index is -3.39. The van der Waals surface area contributed by atoms with Crippen LogP contribution in [0.25, 0.3) is 10.9 Å². The number of halogens is 1. The molecule has 1 heterocycles. The normalized spacial score (nSPS) is 11.9. The number of pyridine rings is 1. The van der Waals surface area contributed by atoms with E-state index in [1.54, 1.807) is 12.3 Å². The van der Waals surface area contributed by atoms with E-state index < -0.39 is 8.27 Å². The van der Waals surface area contributed by atoms with Crippen LogP contribution in [0.5, 0.6) is 0 Å². The predicted octanol–water partition coefficient (Wildman–Crippen LogP) is 2.63. The Morgan fingerprint density at radius 1 is 1.33 bits per heavy atom. The van der Waals surface area contributed by atoms with Gasteiger partial charge in [-0.05, 0) is 24.6 Å². The lowest BCUT2D eigenvalue weighted by molar-refractivity contribution is 0.612. The van der Waals surface area contributed by atoms with Crippen molar-refractivity contribution in [1.29, 1.82) is 0 Å². The van der Waals surface area contributed by atoms with Gasteiger partial charge in [0.2, 0.25) is 8.27 Å². The summed E-state index contributed by atoms with van der Waals surface area (Å²) >= 11 is 2.66. The highest BCUT2D eigenvalue weighted by Crippen LogP contribution is 2.25. The molecular weight excluding hydrogens is 278 g/mol. The molecule has 78 valence electrons. The SMILES string of the molecule is Cc1cnc2c(S(=O)(=O)Br)cccc2c1. The Labute approximate surface area is 95.3 Å². The van der Waals surface area contributed by atoms with Gasteiger partial charge in [0.05, 0.1) is 20.3 Å². The summed E-state index contributed by atoms with van der Waals surface area (Å²) in [6.07, 6.45) is 1.66. The number of aromatic nitrogens is 1. The highest BCUT2D eigenvalue weighted by molar-refractivity contribution is 9.47. The first-order valence-corrected chi connectivity index (χ1v) is 7.61. The van der Waals surface area contributed by atoms with Gasteiger partial charge in [0.25, 0.3) is 0 Å². The molecule has 3 nitrogen and oxygen atoms in total. The first-order valence-electron chi connectivity index (χ1n) is 4.28. The Hall–Kier alpha value is -0.940. The smallest absolute Gasteiger partial charge is 0.239 e. The maximum atomic E-state index is 11.4. The van der Waals surface area contributed by atoms with Crippen LogP contribution in [0.4, 0.5) is 0 Å². The van der Waals surface area contributed by atoms with Crippen LogP contribution in [0.1, 0.15) is 5.56 Å². The fourth-order valence-electron chi connectivity index (χ4n) is 1.44. The summed E-state index contributed by atoms with van der Waals surface area (Å²) < 4.78 is 22.8. The van der Waals surface area contributed by atoms with E-state index in [1.165, 1.54) is 6.07 Å². The van der Waals surface area contributed by atoms with E-state index in [4.69, 9.17) is 0 Å². The molecule has 0 aliphatic rings. The van der Waals surface area contributed by atoms with Gasteiger partial charge < -0.3 is 0 Å². The van der Waals surface area contributed by atoms with Crippen molar-refractivity contribution in [3.8, 4) is 0 Å². The number of para-hydroxylation sites is 1. The van der Waals surface area contributed by atoms with Crippen LogP contribution in [-0.4, -0.2) is 13.4 Å². The zero-order chi connectivity index (χ0) is 11.1. The maximum absolute atomic E-state index is 11.4. The van der Waals surface area contributed by atoms with Crippen LogP contribution in [0.2, 0.25) is 0 Å². The lowest BCUT2D eigenvalue weighted by Gasteiger charge is -2.02. The van der Waals surface area contributed by atoms with Gasteiger partial charge in [0.15, 0.2) is 0 Å². The lowest BCUT2D eigenvalue weighted by Crippen LogP contribution is -1.93. The molecule has 1 aromatic carbocycles. The number of benzene rings is 1. The third-order valence-corrected chi connectivity index (χ3v) is 3.97. The summed E-state index contributed by atoms with van der Waals surface area (Å²) in [5, 5.41) is 0.829. The van der Waals surface area contributed by atoms with E-state index in [1.807, 2.05) is 19.1 Å². The lowest BCUT2D eigenvalue weighted by atomic mass is 10.2. The highest BCUT2D eigenvalue weighted by atomic mass is 79.9. The second-order valence-electron chi connectivity index (χ2n) is 3.28. The molecule has 0 aliphatic carbocycles. The Balaban J connectivity index is 2.89. The Bertz CT molecular complexity index is 622. The summed E-state index contributed by atoms with van der Waals surface area (Å²) in [5.41, 5.74) is 1.51. The molecule has 1 aromatic heterocycles. The average Bonchev–Trinajstić information content (AvgIpc) is 2.15. The summed E-state index contributed by atoms with van der Waals surface area (Å²) in [5.74, 6) is 0. The predicted molar refractivity (Wildman–Crippen MR) is 62.6 cm³/mol. The molecule has 0 saturated heterocycles. The maximum Gasteiger partial charge on any atom is 0.239 e. The molecule has 2 rings (SSSR count). The van der Waals surface area contributed by atoms with Gasteiger partial charge >= 0.3 is 0 Å². The number of nitrogens with zero attached hydrogens (tertiary/aromatic N) is 1. The number of rotatable bonds is 1. The van der Waals surface area contributed by atoms with Crippen molar-refractivity contribution < 1.29 is 8.42 Å². The minimum absolute atomic E-state index is 0.208. The topological polar surface area (TPSA) is 47.0 Å². The van der Waals surface area contributed by atoms with Crippen molar-refractivity contribution >= 4 is 34.0 Å². The molecule has 0 aliphatic heterocycles. The monoisotopic (exact) mass is 285 g/mol. The summed E-state index contributed by atoms with van der Waals surface area (Å²) in [6.45, 7) is 1.92. The summed E-state index contributed by atoms with van der Waals surface area (Å²) in [6, 6.07) is 6.99. The number of fused-ring (bicyclic) bond motifs is 1. The summed E-state index contributed by atoms with van der Waals surface area (Å²) in [7, 11) is -3.39. The largest absolute Gasteiger partial charge is 0.255 e. The van der Waals surface area contributed by atoms with E-state index in [9.17, 15) is 8.42 Å². The van der Waals surface area contributed by atoms with Crippen molar-refractivity contribution in [1.82, 2.24) is 4.98 Å². The molecular formula is C10H8BrNO2S. The van der Waals surface area contributed by atoms with Crippen LogP contribution in [0, 0.1) is 6.92 Å². The third-order valence-electron chi connectivity index (χ3n) is 2.07. The van der Waals surface area contributed by atoms with Crippen LogP contribution < -0.4 is 0 Å². The quantitative estimate of drug-likeness (QED) is 0.757. The van der Waals surface area contributed by atoms with Crippen LogP contribution >= 0.6 is 14.8 Å². The van der Waals surface area contributed by atoms with Crippen molar-refractivity contribution in [2.75, 3.05) is 0 Å². The fraction of sp³-hybridized carbons (Fsp3) is 0.100. The van der Waals surface area contributed by atoms with Crippen molar-refractivity contribution in [3.05, 3.63) is 36.0 Å². The van der Waals surface area contributed by atoms with E-state index in [0.29, 0.717) is 5.52 Å². The fourth-order valence-corrected chi connectivity index (χ4v) is 2.87. The van der Waals surface area contributed by atoms with E-state index in [2.05, 4.69) is 19.8 Å². The third kappa shape index (κ3) is 2.03.